The largest absolute Gasteiger partial charge is 0.363 e. The number of hydrogen-bond donors (Lipinski definition) is 2. The van der Waals surface area contributed by atoms with Gasteiger partial charge in [0.15, 0.2) is 0 Å². The fraction of sp³-hybridized carbons (Fsp3) is 0.294. The summed E-state index contributed by atoms with van der Waals surface area (Å²) in [6, 6.07) is 9.46. The SMILES string of the molecule is NC(=O)c1noc([C@H]2CCCN2Cc2cc3ccccc3[nH]c2=O)n1. The lowest BCUT2D eigenvalue weighted by atomic mass is 10.1. The molecule has 1 aromatic carbocycles. The van der Waals surface area contributed by atoms with Crippen molar-refractivity contribution in [2.75, 3.05) is 6.54 Å². The number of fused-ring (bicyclic) bond motifs is 1. The van der Waals surface area contributed by atoms with Crippen molar-refractivity contribution in [2.45, 2.75) is 25.4 Å². The highest BCUT2D eigenvalue weighted by Crippen LogP contribution is 2.32. The zero-order valence-corrected chi connectivity index (χ0v) is 13.4. The molecule has 3 N–H and O–H groups in total. The second kappa shape index (κ2) is 6.14. The first-order chi connectivity index (χ1) is 12.1. The van der Waals surface area contributed by atoms with E-state index in [0.29, 0.717) is 18.0 Å². The van der Waals surface area contributed by atoms with Crippen molar-refractivity contribution < 1.29 is 9.32 Å². The predicted molar refractivity (Wildman–Crippen MR) is 89.8 cm³/mol. The predicted octanol–water partition coefficient (Wildman–Crippen LogP) is 1.35. The number of aromatic amines is 1. The molecule has 1 aliphatic heterocycles. The lowest BCUT2D eigenvalue weighted by Gasteiger charge is -2.21. The van der Waals surface area contributed by atoms with E-state index in [-0.39, 0.29) is 17.4 Å². The molecule has 0 aliphatic carbocycles. The molecule has 8 heteroatoms. The third-order valence-corrected chi connectivity index (χ3v) is 4.51. The van der Waals surface area contributed by atoms with Gasteiger partial charge in [-0.2, -0.15) is 4.98 Å². The topological polar surface area (TPSA) is 118 Å². The van der Waals surface area contributed by atoms with Crippen molar-refractivity contribution in [1.82, 2.24) is 20.0 Å². The maximum absolute atomic E-state index is 12.4. The van der Waals surface area contributed by atoms with Crippen LogP contribution >= 0.6 is 0 Å². The third kappa shape index (κ3) is 2.91. The van der Waals surface area contributed by atoms with Crippen molar-refractivity contribution in [3.05, 3.63) is 58.0 Å². The fourth-order valence-electron chi connectivity index (χ4n) is 3.29. The highest BCUT2D eigenvalue weighted by Gasteiger charge is 2.31. The van der Waals surface area contributed by atoms with Gasteiger partial charge < -0.3 is 15.2 Å². The number of likely N-dealkylation sites (tertiary alicyclic amines) is 1. The third-order valence-electron chi connectivity index (χ3n) is 4.51. The molecule has 8 nitrogen and oxygen atoms in total. The summed E-state index contributed by atoms with van der Waals surface area (Å²) in [6.07, 6.45) is 1.77. The zero-order chi connectivity index (χ0) is 17.4. The molecule has 0 spiro atoms. The number of carbonyl (C=O) groups is 1. The number of H-pyrrole nitrogens is 1. The number of pyridine rings is 1. The van der Waals surface area contributed by atoms with Crippen LogP contribution in [0.3, 0.4) is 0 Å². The van der Waals surface area contributed by atoms with Gasteiger partial charge in [-0.1, -0.05) is 23.4 Å². The Kier molecular flexibility index (Phi) is 3.81. The van der Waals surface area contributed by atoms with Crippen LogP contribution in [-0.4, -0.2) is 32.5 Å². The average molecular weight is 339 g/mol. The lowest BCUT2D eigenvalue weighted by molar-refractivity contribution is 0.0987. The smallest absolute Gasteiger partial charge is 0.290 e. The minimum Gasteiger partial charge on any atom is -0.363 e. The van der Waals surface area contributed by atoms with Crippen LogP contribution in [-0.2, 0) is 6.54 Å². The maximum Gasteiger partial charge on any atom is 0.290 e. The van der Waals surface area contributed by atoms with Gasteiger partial charge in [-0.05, 0) is 36.9 Å². The van der Waals surface area contributed by atoms with Crippen LogP contribution in [0, 0.1) is 0 Å². The Hall–Kier alpha value is -3.00. The summed E-state index contributed by atoms with van der Waals surface area (Å²) in [7, 11) is 0. The van der Waals surface area contributed by atoms with E-state index in [2.05, 4.69) is 20.0 Å². The van der Waals surface area contributed by atoms with Gasteiger partial charge in [-0.25, -0.2) is 0 Å². The number of nitrogens with one attached hydrogen (secondary N) is 1. The summed E-state index contributed by atoms with van der Waals surface area (Å²) in [5.74, 6) is -0.473. The Morgan fingerprint density at radius 1 is 1.40 bits per heavy atom. The fourth-order valence-corrected chi connectivity index (χ4v) is 3.29. The zero-order valence-electron chi connectivity index (χ0n) is 13.4. The van der Waals surface area contributed by atoms with Gasteiger partial charge >= 0.3 is 0 Å². The van der Waals surface area contributed by atoms with E-state index >= 15 is 0 Å². The Bertz CT molecular complexity index is 993. The van der Waals surface area contributed by atoms with E-state index < -0.39 is 5.91 Å². The number of aromatic nitrogens is 3. The van der Waals surface area contributed by atoms with Crippen LogP contribution in [0.25, 0.3) is 10.9 Å². The van der Waals surface area contributed by atoms with Crippen LogP contribution in [0.15, 0.2) is 39.6 Å². The quantitative estimate of drug-likeness (QED) is 0.740. The summed E-state index contributed by atoms with van der Waals surface area (Å²) >= 11 is 0. The van der Waals surface area contributed by atoms with Crippen LogP contribution < -0.4 is 11.3 Å². The van der Waals surface area contributed by atoms with E-state index in [1.807, 2.05) is 30.3 Å². The van der Waals surface area contributed by atoms with Crippen molar-refractivity contribution in [3.63, 3.8) is 0 Å². The molecule has 0 radical (unpaired) electrons. The van der Waals surface area contributed by atoms with Crippen LogP contribution in [0.2, 0.25) is 0 Å². The van der Waals surface area contributed by atoms with Crippen molar-refractivity contribution in [2.24, 2.45) is 5.73 Å². The molecule has 3 aromatic rings. The number of benzene rings is 1. The molecule has 4 rings (SSSR count). The molecule has 0 saturated carbocycles. The molecule has 3 heterocycles. The number of hydrogen-bond acceptors (Lipinski definition) is 6. The first-order valence-electron chi connectivity index (χ1n) is 8.10. The van der Waals surface area contributed by atoms with Gasteiger partial charge in [-0.15, -0.1) is 0 Å². The number of rotatable bonds is 4. The average Bonchev–Trinajstić information content (AvgIpc) is 3.24. The second-order valence-electron chi connectivity index (χ2n) is 6.16. The molecule has 1 fully saturated rings. The number of nitrogens with zero attached hydrogens (tertiary/aromatic N) is 3. The number of nitrogens with two attached hydrogens (primary N) is 1. The van der Waals surface area contributed by atoms with Crippen molar-refractivity contribution >= 4 is 16.8 Å². The van der Waals surface area contributed by atoms with E-state index in [9.17, 15) is 9.59 Å². The molecule has 128 valence electrons. The highest BCUT2D eigenvalue weighted by molar-refractivity contribution is 5.88. The molecule has 0 bridgehead atoms. The van der Waals surface area contributed by atoms with Gasteiger partial charge in [0.25, 0.3) is 17.3 Å². The van der Waals surface area contributed by atoms with Crippen LogP contribution in [0.5, 0.6) is 0 Å². The minimum atomic E-state index is -0.717. The summed E-state index contributed by atoms with van der Waals surface area (Å²) in [4.78, 5) is 32.6. The van der Waals surface area contributed by atoms with Gasteiger partial charge in [0.1, 0.15) is 0 Å². The monoisotopic (exact) mass is 339 g/mol. The van der Waals surface area contributed by atoms with Gasteiger partial charge in [0.05, 0.1) is 6.04 Å². The summed E-state index contributed by atoms with van der Waals surface area (Å²) < 4.78 is 5.19. The van der Waals surface area contributed by atoms with E-state index in [1.165, 1.54) is 0 Å². The molecule has 1 saturated heterocycles. The standard InChI is InChI=1S/C17H17N5O3/c18-14(23)15-20-17(25-21-15)13-6-3-7-22(13)9-11-8-10-4-1-2-5-12(10)19-16(11)24/h1-2,4-5,8,13H,3,6-7,9H2,(H2,18,23)(H,19,24)/t13-/m1/s1. The van der Waals surface area contributed by atoms with Crippen molar-refractivity contribution in [3.8, 4) is 0 Å². The van der Waals surface area contributed by atoms with Gasteiger partial charge in [-0.3, -0.25) is 14.5 Å². The molecule has 1 amide bonds. The molecule has 1 atom stereocenters. The number of amides is 1. The molecular weight excluding hydrogens is 322 g/mol. The van der Waals surface area contributed by atoms with Crippen molar-refractivity contribution in [1.29, 1.82) is 0 Å². The van der Waals surface area contributed by atoms with E-state index in [4.69, 9.17) is 10.3 Å². The number of para-hydroxylation sites is 1. The van der Waals surface area contributed by atoms with E-state index in [1.54, 1.807) is 0 Å². The molecule has 0 unspecified atom stereocenters. The highest BCUT2D eigenvalue weighted by atomic mass is 16.5. The normalized spacial score (nSPS) is 18.0. The lowest BCUT2D eigenvalue weighted by Crippen LogP contribution is -2.27. The van der Waals surface area contributed by atoms with Crippen LogP contribution in [0.1, 0.15) is 41.0 Å². The van der Waals surface area contributed by atoms with E-state index in [0.717, 1.165) is 30.3 Å². The molecular formula is C17H17N5O3. The first-order valence-corrected chi connectivity index (χ1v) is 8.10. The molecule has 2 aromatic heterocycles. The summed E-state index contributed by atoms with van der Waals surface area (Å²) in [6.45, 7) is 1.28. The van der Waals surface area contributed by atoms with Gasteiger partial charge in [0, 0.05) is 17.6 Å². The van der Waals surface area contributed by atoms with Crippen LogP contribution in [0.4, 0.5) is 0 Å². The number of primary amides is 1. The minimum absolute atomic E-state index is 0.104. The second-order valence-corrected chi connectivity index (χ2v) is 6.16. The summed E-state index contributed by atoms with van der Waals surface area (Å²) in [5.41, 5.74) is 6.57. The number of carbonyl (C=O) groups excluding carboxylic acids is 1. The molecule has 1 aliphatic rings. The first kappa shape index (κ1) is 15.5. The maximum atomic E-state index is 12.4. The Balaban J connectivity index is 1.62. The summed E-state index contributed by atoms with van der Waals surface area (Å²) in [5, 5.41) is 4.59. The molecule has 25 heavy (non-hydrogen) atoms. The Morgan fingerprint density at radius 2 is 2.24 bits per heavy atom. The Labute approximate surface area is 142 Å². The Morgan fingerprint density at radius 3 is 3.04 bits per heavy atom. The van der Waals surface area contributed by atoms with Gasteiger partial charge in [0.2, 0.25) is 5.89 Å².